The second-order valence-corrected chi connectivity index (χ2v) is 9.95. The summed E-state index contributed by atoms with van der Waals surface area (Å²) in [5.74, 6) is -0.415. The Balaban J connectivity index is 1.34. The zero-order valence-corrected chi connectivity index (χ0v) is 22.0. The summed E-state index contributed by atoms with van der Waals surface area (Å²) in [6.45, 7) is 5.70. The molecule has 0 radical (unpaired) electrons. The van der Waals surface area contributed by atoms with Crippen LogP contribution in [0.4, 0.5) is 5.95 Å². The van der Waals surface area contributed by atoms with Gasteiger partial charge >= 0.3 is 0 Å². The van der Waals surface area contributed by atoms with Crippen molar-refractivity contribution in [1.29, 1.82) is 0 Å². The predicted octanol–water partition coefficient (Wildman–Crippen LogP) is 4.04. The van der Waals surface area contributed by atoms with Crippen LogP contribution < -0.4 is 15.8 Å². The molecule has 5 rings (SSSR count). The number of halogens is 1. The Labute approximate surface area is 222 Å². The van der Waals surface area contributed by atoms with Crippen LogP contribution in [0.1, 0.15) is 45.8 Å². The number of carbonyl (C=O) groups excluding carboxylic acids is 2. The molecule has 1 aliphatic rings. The number of primary amides is 1. The van der Waals surface area contributed by atoms with E-state index in [1.807, 2.05) is 43.3 Å². The van der Waals surface area contributed by atoms with Crippen molar-refractivity contribution in [3.63, 3.8) is 0 Å². The topological polar surface area (TPSA) is 131 Å². The number of nitrogens with one attached hydrogen (secondary N) is 2. The Morgan fingerprint density at radius 1 is 1.16 bits per heavy atom. The highest BCUT2D eigenvalue weighted by atomic mass is 79.9. The first-order valence-corrected chi connectivity index (χ1v) is 13.0. The number of rotatable bonds is 8. The smallest absolute Gasteiger partial charge is 0.277 e. The molecule has 192 valence electrons. The number of fused-ring (bicyclic) bond motifs is 1. The minimum atomic E-state index is -0.802. The van der Waals surface area contributed by atoms with Gasteiger partial charge in [-0.3, -0.25) is 24.4 Å². The lowest BCUT2D eigenvalue weighted by molar-refractivity contribution is 0.0970. The van der Waals surface area contributed by atoms with Crippen LogP contribution >= 0.6 is 15.9 Å². The number of aryl methyl sites for hydroxylation is 1. The largest absolute Gasteiger partial charge is 0.492 e. The van der Waals surface area contributed by atoms with E-state index in [1.54, 1.807) is 0 Å². The van der Waals surface area contributed by atoms with Gasteiger partial charge in [-0.1, -0.05) is 12.5 Å². The van der Waals surface area contributed by atoms with Crippen molar-refractivity contribution in [2.24, 2.45) is 5.73 Å². The van der Waals surface area contributed by atoms with E-state index in [1.165, 1.54) is 30.2 Å². The number of benzene rings is 2. The number of carbonyl (C=O) groups is 2. The van der Waals surface area contributed by atoms with Crippen molar-refractivity contribution in [2.45, 2.75) is 26.2 Å². The molecular formula is C26H28BrN7O3. The third kappa shape index (κ3) is 5.52. The maximum atomic E-state index is 13.3. The molecule has 4 aromatic rings. The van der Waals surface area contributed by atoms with Crippen LogP contribution in [0.15, 0.2) is 47.2 Å². The highest BCUT2D eigenvalue weighted by Gasteiger charge is 2.25. The van der Waals surface area contributed by atoms with Crippen molar-refractivity contribution in [1.82, 2.24) is 24.4 Å². The Morgan fingerprint density at radius 2 is 1.97 bits per heavy atom. The number of piperidine rings is 1. The first kappa shape index (κ1) is 25.0. The molecule has 0 unspecified atom stereocenters. The number of aromatic nitrogens is 4. The summed E-state index contributed by atoms with van der Waals surface area (Å²) in [7, 11) is 0. The van der Waals surface area contributed by atoms with Gasteiger partial charge in [0.15, 0.2) is 5.69 Å². The molecule has 0 spiro atoms. The first-order valence-electron chi connectivity index (χ1n) is 12.2. The summed E-state index contributed by atoms with van der Waals surface area (Å²) < 4.78 is 8.21. The van der Waals surface area contributed by atoms with E-state index in [9.17, 15) is 9.59 Å². The van der Waals surface area contributed by atoms with Crippen LogP contribution in [-0.2, 0) is 0 Å². The van der Waals surface area contributed by atoms with Crippen LogP contribution in [0, 0.1) is 6.92 Å². The molecule has 3 heterocycles. The maximum absolute atomic E-state index is 13.3. The molecule has 1 fully saturated rings. The summed E-state index contributed by atoms with van der Waals surface area (Å²) >= 11 is 3.50. The third-order valence-corrected chi connectivity index (χ3v) is 7.06. The van der Waals surface area contributed by atoms with E-state index < -0.39 is 11.8 Å². The fraction of sp³-hybridized carbons (Fsp3) is 0.308. The SMILES string of the molecule is Cc1ccc(Br)c(-n2cnc(C(N)=O)c2C(=O)Nc2nc3ccc(OCCN4CCCCC4)cc3[nH]2)c1. The normalized spacial score (nSPS) is 14.1. The van der Waals surface area contributed by atoms with E-state index in [2.05, 4.69) is 41.1 Å². The Bertz CT molecular complexity index is 1460. The van der Waals surface area contributed by atoms with Gasteiger partial charge < -0.3 is 15.5 Å². The molecule has 2 amide bonds. The fourth-order valence-corrected chi connectivity index (χ4v) is 4.95. The number of anilines is 1. The monoisotopic (exact) mass is 565 g/mol. The molecule has 2 aromatic heterocycles. The van der Waals surface area contributed by atoms with Crippen molar-refractivity contribution in [3.8, 4) is 11.4 Å². The lowest BCUT2D eigenvalue weighted by Crippen LogP contribution is -2.33. The molecule has 4 N–H and O–H groups in total. The van der Waals surface area contributed by atoms with Gasteiger partial charge in [-0.2, -0.15) is 0 Å². The average Bonchev–Trinajstić information content (AvgIpc) is 3.50. The number of imidazole rings is 2. The van der Waals surface area contributed by atoms with Gasteiger partial charge in [-0.25, -0.2) is 9.97 Å². The number of hydrogen-bond acceptors (Lipinski definition) is 6. The van der Waals surface area contributed by atoms with Crippen LogP contribution in [0.3, 0.4) is 0 Å². The maximum Gasteiger partial charge on any atom is 0.277 e. The summed E-state index contributed by atoms with van der Waals surface area (Å²) in [6, 6.07) is 11.2. The molecule has 0 aliphatic carbocycles. The highest BCUT2D eigenvalue weighted by molar-refractivity contribution is 9.10. The number of H-pyrrole nitrogens is 1. The lowest BCUT2D eigenvalue weighted by Gasteiger charge is -2.26. The number of nitrogens with zero attached hydrogens (tertiary/aromatic N) is 4. The molecular weight excluding hydrogens is 538 g/mol. The molecule has 10 nitrogen and oxygen atoms in total. The van der Waals surface area contributed by atoms with Gasteiger partial charge in [0.1, 0.15) is 24.4 Å². The van der Waals surface area contributed by atoms with Gasteiger partial charge in [0, 0.05) is 17.1 Å². The fourth-order valence-electron chi connectivity index (χ4n) is 4.52. The second-order valence-electron chi connectivity index (χ2n) is 9.10. The van der Waals surface area contributed by atoms with Gasteiger partial charge in [0.05, 0.1) is 16.7 Å². The van der Waals surface area contributed by atoms with Crippen molar-refractivity contribution in [2.75, 3.05) is 31.6 Å². The third-order valence-electron chi connectivity index (χ3n) is 6.39. The quantitative estimate of drug-likeness (QED) is 0.295. The summed E-state index contributed by atoms with van der Waals surface area (Å²) in [6.07, 6.45) is 5.21. The number of likely N-dealkylation sites (tertiary alicyclic amines) is 1. The van der Waals surface area contributed by atoms with E-state index >= 15 is 0 Å². The molecule has 1 saturated heterocycles. The van der Waals surface area contributed by atoms with Crippen molar-refractivity contribution < 1.29 is 14.3 Å². The first-order chi connectivity index (χ1) is 17.9. The lowest BCUT2D eigenvalue weighted by atomic mass is 10.1. The Morgan fingerprint density at radius 3 is 2.76 bits per heavy atom. The number of amides is 2. The van der Waals surface area contributed by atoms with Crippen LogP contribution in [-0.4, -0.2) is 62.5 Å². The average molecular weight is 566 g/mol. The van der Waals surface area contributed by atoms with Crippen LogP contribution in [0.25, 0.3) is 16.7 Å². The van der Waals surface area contributed by atoms with Crippen LogP contribution in [0.5, 0.6) is 5.75 Å². The van der Waals surface area contributed by atoms with E-state index in [0.29, 0.717) is 17.8 Å². The number of hydrogen-bond donors (Lipinski definition) is 3. The molecule has 0 atom stereocenters. The summed E-state index contributed by atoms with van der Waals surface area (Å²) in [5.41, 5.74) is 8.42. The molecule has 0 bridgehead atoms. The van der Waals surface area contributed by atoms with Gasteiger partial charge in [0.25, 0.3) is 11.8 Å². The Kier molecular flexibility index (Phi) is 7.24. The summed E-state index contributed by atoms with van der Waals surface area (Å²) in [5, 5.41) is 2.74. The zero-order valence-electron chi connectivity index (χ0n) is 20.5. The zero-order chi connectivity index (χ0) is 25.9. The van der Waals surface area contributed by atoms with Gasteiger partial charge in [0.2, 0.25) is 5.95 Å². The predicted molar refractivity (Wildman–Crippen MR) is 144 cm³/mol. The standard InChI is InChI=1S/C26H28BrN7O3/c1-16-5-7-18(27)21(13-16)34-15-29-22(24(28)35)23(34)25(36)32-26-30-19-8-6-17(14-20(19)31-26)37-12-11-33-9-3-2-4-10-33/h5-8,13-15H,2-4,9-12H2,1H3,(H2,28,35)(H2,30,31,32,36). The van der Waals surface area contributed by atoms with Gasteiger partial charge in [-0.05, 0) is 78.6 Å². The molecule has 0 saturated carbocycles. The minimum Gasteiger partial charge on any atom is -0.492 e. The number of ether oxygens (including phenoxy) is 1. The minimum absolute atomic E-state index is 0.0148. The van der Waals surface area contributed by atoms with Crippen molar-refractivity contribution in [3.05, 3.63) is 64.1 Å². The molecule has 11 heteroatoms. The number of nitrogens with two attached hydrogens (primary N) is 1. The second kappa shape index (κ2) is 10.7. The van der Waals surface area contributed by atoms with Gasteiger partial charge in [-0.15, -0.1) is 0 Å². The molecule has 2 aromatic carbocycles. The number of aromatic amines is 1. The van der Waals surface area contributed by atoms with E-state index in [0.717, 1.165) is 40.9 Å². The molecule has 1 aliphatic heterocycles. The summed E-state index contributed by atoms with van der Waals surface area (Å²) in [4.78, 5) is 39.5. The van der Waals surface area contributed by atoms with E-state index in [-0.39, 0.29) is 17.3 Å². The highest BCUT2D eigenvalue weighted by Crippen LogP contribution is 2.26. The Hall–Kier alpha value is -3.70. The van der Waals surface area contributed by atoms with E-state index in [4.69, 9.17) is 10.5 Å². The van der Waals surface area contributed by atoms with Crippen molar-refractivity contribution >= 4 is 44.7 Å². The molecule has 37 heavy (non-hydrogen) atoms. The van der Waals surface area contributed by atoms with Crippen LogP contribution in [0.2, 0.25) is 0 Å².